The molecular formula is C12H17F3O4. The van der Waals surface area contributed by atoms with Crippen molar-refractivity contribution in [2.75, 3.05) is 19.8 Å². The highest BCUT2D eigenvalue weighted by atomic mass is 19.4. The van der Waals surface area contributed by atoms with E-state index in [1.54, 1.807) is 0 Å². The van der Waals surface area contributed by atoms with Crippen LogP contribution in [0.3, 0.4) is 0 Å². The number of aliphatic carboxylic acids is 1. The summed E-state index contributed by atoms with van der Waals surface area (Å²) < 4.78 is 45.9. The van der Waals surface area contributed by atoms with Gasteiger partial charge in [0.15, 0.2) is 0 Å². The predicted molar refractivity (Wildman–Crippen MR) is 58.6 cm³/mol. The summed E-state index contributed by atoms with van der Waals surface area (Å²) in [5.41, 5.74) is -1.08. The van der Waals surface area contributed by atoms with Crippen molar-refractivity contribution in [3.63, 3.8) is 0 Å². The molecule has 1 aliphatic carbocycles. The third-order valence-electron chi connectivity index (χ3n) is 3.82. The van der Waals surface area contributed by atoms with Gasteiger partial charge in [0.1, 0.15) is 6.61 Å². The second-order valence-corrected chi connectivity index (χ2v) is 5.26. The van der Waals surface area contributed by atoms with Crippen molar-refractivity contribution in [1.29, 1.82) is 0 Å². The molecule has 19 heavy (non-hydrogen) atoms. The molecule has 0 aromatic carbocycles. The van der Waals surface area contributed by atoms with E-state index in [0.29, 0.717) is 13.0 Å². The van der Waals surface area contributed by atoms with Crippen molar-refractivity contribution in [2.45, 2.75) is 38.0 Å². The number of hydrogen-bond donors (Lipinski definition) is 1. The number of carbonyl (C=O) groups is 1. The molecule has 1 N–H and O–H groups in total. The molecule has 4 nitrogen and oxygen atoms in total. The average molecular weight is 282 g/mol. The van der Waals surface area contributed by atoms with Crippen LogP contribution in [0, 0.1) is 11.3 Å². The molecule has 1 saturated heterocycles. The number of halogens is 3. The second-order valence-electron chi connectivity index (χ2n) is 5.26. The molecule has 110 valence electrons. The van der Waals surface area contributed by atoms with Crippen LogP contribution in [0.25, 0.3) is 0 Å². The van der Waals surface area contributed by atoms with Gasteiger partial charge in [-0.2, -0.15) is 13.2 Å². The van der Waals surface area contributed by atoms with Gasteiger partial charge in [0.25, 0.3) is 0 Å². The summed E-state index contributed by atoms with van der Waals surface area (Å²) in [5.74, 6) is -0.751. The van der Waals surface area contributed by atoms with Crippen molar-refractivity contribution in [2.24, 2.45) is 11.3 Å². The van der Waals surface area contributed by atoms with Gasteiger partial charge in [0, 0.05) is 13.2 Å². The Balaban J connectivity index is 1.90. The molecule has 2 atom stereocenters. The van der Waals surface area contributed by atoms with E-state index in [1.165, 1.54) is 0 Å². The van der Waals surface area contributed by atoms with E-state index >= 15 is 0 Å². The number of alkyl halides is 3. The van der Waals surface area contributed by atoms with Crippen molar-refractivity contribution in [1.82, 2.24) is 0 Å². The van der Waals surface area contributed by atoms with E-state index in [0.717, 1.165) is 12.8 Å². The van der Waals surface area contributed by atoms with Crippen LogP contribution >= 0.6 is 0 Å². The Morgan fingerprint density at radius 1 is 1.42 bits per heavy atom. The molecular weight excluding hydrogens is 265 g/mol. The molecule has 1 saturated carbocycles. The van der Waals surface area contributed by atoms with Crippen LogP contribution in [-0.2, 0) is 14.3 Å². The van der Waals surface area contributed by atoms with Gasteiger partial charge in [-0.3, -0.25) is 4.79 Å². The molecule has 2 rings (SSSR count). The van der Waals surface area contributed by atoms with Crippen LogP contribution in [0.2, 0.25) is 0 Å². The highest BCUT2D eigenvalue weighted by molar-refractivity contribution is 5.76. The first-order valence-corrected chi connectivity index (χ1v) is 6.35. The van der Waals surface area contributed by atoms with Gasteiger partial charge in [0.05, 0.1) is 11.5 Å². The molecule has 0 amide bonds. The Morgan fingerprint density at radius 3 is 2.63 bits per heavy atom. The van der Waals surface area contributed by atoms with E-state index < -0.39 is 24.2 Å². The first-order chi connectivity index (χ1) is 8.85. The zero-order valence-corrected chi connectivity index (χ0v) is 10.4. The lowest BCUT2D eigenvalue weighted by molar-refractivity contribution is -0.177. The Kier molecular flexibility index (Phi) is 4.06. The summed E-state index contributed by atoms with van der Waals surface area (Å²) in [4.78, 5) is 11.5. The predicted octanol–water partition coefficient (Wildman–Crippen LogP) is 2.23. The van der Waals surface area contributed by atoms with Gasteiger partial charge in [-0.05, 0) is 31.6 Å². The maximum absolute atomic E-state index is 12.0. The maximum atomic E-state index is 12.0. The van der Waals surface area contributed by atoms with E-state index in [-0.39, 0.29) is 25.0 Å². The first kappa shape index (κ1) is 14.6. The SMILES string of the molecule is O=C(O)C1(CCOCC(F)(F)F)CCOC1C1CC1. The molecule has 0 bridgehead atoms. The van der Waals surface area contributed by atoms with Gasteiger partial charge in [-0.15, -0.1) is 0 Å². The highest BCUT2D eigenvalue weighted by Crippen LogP contribution is 2.49. The minimum absolute atomic E-state index is 0.0690. The molecule has 7 heteroatoms. The molecule has 1 heterocycles. The molecule has 2 unspecified atom stereocenters. The minimum atomic E-state index is -4.38. The Morgan fingerprint density at radius 2 is 2.11 bits per heavy atom. The van der Waals surface area contributed by atoms with Crippen LogP contribution in [0.5, 0.6) is 0 Å². The van der Waals surface area contributed by atoms with E-state index in [4.69, 9.17) is 4.74 Å². The maximum Gasteiger partial charge on any atom is 0.411 e. The second kappa shape index (κ2) is 5.28. The van der Waals surface area contributed by atoms with E-state index in [1.807, 2.05) is 0 Å². The summed E-state index contributed by atoms with van der Waals surface area (Å²) in [5, 5.41) is 9.41. The monoisotopic (exact) mass is 282 g/mol. The third kappa shape index (κ3) is 3.39. The summed E-state index contributed by atoms with van der Waals surface area (Å²) in [6.07, 6.45) is -2.47. The van der Waals surface area contributed by atoms with Crippen molar-refractivity contribution < 1.29 is 32.5 Å². The van der Waals surface area contributed by atoms with Gasteiger partial charge in [-0.1, -0.05) is 0 Å². The smallest absolute Gasteiger partial charge is 0.411 e. The number of carboxylic acids is 1. The van der Waals surface area contributed by atoms with Crippen molar-refractivity contribution in [3.8, 4) is 0 Å². The highest BCUT2D eigenvalue weighted by Gasteiger charge is 2.55. The van der Waals surface area contributed by atoms with Crippen molar-refractivity contribution in [3.05, 3.63) is 0 Å². The first-order valence-electron chi connectivity index (χ1n) is 6.35. The van der Waals surface area contributed by atoms with Crippen LogP contribution in [-0.4, -0.2) is 43.2 Å². The number of carboxylic acid groups (broad SMARTS) is 1. The largest absolute Gasteiger partial charge is 0.481 e. The molecule has 0 aromatic rings. The van der Waals surface area contributed by atoms with E-state index in [9.17, 15) is 23.1 Å². The summed E-state index contributed by atoms with van der Waals surface area (Å²) in [6, 6.07) is 0. The fraction of sp³-hybridized carbons (Fsp3) is 0.917. The average Bonchev–Trinajstić information content (AvgIpc) is 3.04. The lowest BCUT2D eigenvalue weighted by Crippen LogP contribution is -2.41. The van der Waals surface area contributed by atoms with Gasteiger partial charge in [-0.25, -0.2) is 0 Å². The Labute approximate surface area is 108 Å². The zero-order chi connectivity index (χ0) is 14.1. The van der Waals surface area contributed by atoms with Crippen molar-refractivity contribution >= 4 is 5.97 Å². The lowest BCUT2D eigenvalue weighted by Gasteiger charge is -2.29. The van der Waals surface area contributed by atoms with Crippen LogP contribution in [0.1, 0.15) is 25.7 Å². The number of hydrogen-bond acceptors (Lipinski definition) is 3. The quantitative estimate of drug-likeness (QED) is 0.759. The summed E-state index contributed by atoms with van der Waals surface area (Å²) in [7, 11) is 0. The summed E-state index contributed by atoms with van der Waals surface area (Å²) in [6.45, 7) is -1.19. The Bertz CT molecular complexity index is 340. The third-order valence-corrected chi connectivity index (χ3v) is 3.82. The fourth-order valence-electron chi connectivity index (χ4n) is 2.70. The molecule has 2 aliphatic rings. The fourth-order valence-corrected chi connectivity index (χ4v) is 2.70. The topological polar surface area (TPSA) is 55.8 Å². The molecule has 0 radical (unpaired) electrons. The lowest BCUT2D eigenvalue weighted by atomic mass is 9.76. The molecule has 1 aliphatic heterocycles. The van der Waals surface area contributed by atoms with Gasteiger partial charge >= 0.3 is 12.1 Å². The Hall–Kier alpha value is -0.820. The summed E-state index contributed by atoms with van der Waals surface area (Å²) >= 11 is 0. The molecule has 0 aromatic heterocycles. The zero-order valence-electron chi connectivity index (χ0n) is 10.4. The van der Waals surface area contributed by atoms with Crippen LogP contribution < -0.4 is 0 Å². The van der Waals surface area contributed by atoms with Crippen LogP contribution in [0.15, 0.2) is 0 Å². The van der Waals surface area contributed by atoms with E-state index in [2.05, 4.69) is 4.74 Å². The van der Waals surface area contributed by atoms with Gasteiger partial charge in [0.2, 0.25) is 0 Å². The molecule has 0 spiro atoms. The molecule has 2 fully saturated rings. The number of ether oxygens (including phenoxy) is 2. The minimum Gasteiger partial charge on any atom is -0.481 e. The van der Waals surface area contributed by atoms with Gasteiger partial charge < -0.3 is 14.6 Å². The number of rotatable bonds is 6. The van der Waals surface area contributed by atoms with Crippen LogP contribution in [0.4, 0.5) is 13.2 Å². The normalized spacial score (nSPS) is 31.6. The standard InChI is InChI=1S/C12H17F3O4/c13-12(14,15)7-18-5-3-11(10(16)17)4-6-19-9(11)8-1-2-8/h8-9H,1-7H2,(H,16,17).